The van der Waals surface area contributed by atoms with E-state index in [2.05, 4.69) is 19.9 Å². The van der Waals surface area contributed by atoms with Crippen LogP contribution in [-0.2, 0) is 6.61 Å². The number of fused-ring (bicyclic) bond motifs is 3. The van der Waals surface area contributed by atoms with Gasteiger partial charge in [-0.25, -0.2) is 0 Å². The van der Waals surface area contributed by atoms with Crippen LogP contribution in [0.4, 0.5) is 0 Å². The van der Waals surface area contributed by atoms with Gasteiger partial charge in [0.2, 0.25) is 0 Å². The Balaban J connectivity index is 1.72. The Labute approximate surface area is 140 Å². The lowest BCUT2D eigenvalue weighted by Gasteiger charge is -2.33. The first-order chi connectivity index (χ1) is 11.1. The van der Waals surface area contributed by atoms with Crippen LogP contribution in [0, 0.1) is 6.92 Å². The summed E-state index contributed by atoms with van der Waals surface area (Å²) in [6.45, 7) is 5.71. The van der Waals surface area contributed by atoms with Crippen LogP contribution >= 0.6 is 11.3 Å². The maximum absolute atomic E-state index is 12.9. The highest BCUT2D eigenvalue weighted by molar-refractivity contribution is 7.17. The molecule has 1 atom stereocenters. The minimum Gasteiger partial charge on any atom is -0.488 e. The van der Waals surface area contributed by atoms with E-state index in [1.165, 1.54) is 16.9 Å². The van der Waals surface area contributed by atoms with Gasteiger partial charge in [-0.15, -0.1) is 11.3 Å². The fourth-order valence-corrected chi connectivity index (χ4v) is 4.84. The van der Waals surface area contributed by atoms with Gasteiger partial charge in [0.1, 0.15) is 12.4 Å². The van der Waals surface area contributed by atoms with E-state index in [4.69, 9.17) is 4.74 Å². The Kier molecular flexibility index (Phi) is 3.64. The number of nitrogens with zero attached hydrogens (tertiary/aromatic N) is 1. The number of hydrogen-bond donors (Lipinski definition) is 0. The highest BCUT2D eigenvalue weighted by atomic mass is 32.1. The molecule has 0 spiro atoms. The summed E-state index contributed by atoms with van der Waals surface area (Å²) in [5, 5.41) is 0. The second-order valence-corrected chi connectivity index (χ2v) is 7.60. The number of likely N-dealkylation sites (tertiary alicyclic amines) is 1. The van der Waals surface area contributed by atoms with Crippen molar-refractivity contribution in [3.8, 4) is 16.2 Å². The molecule has 0 radical (unpaired) electrons. The fraction of sp³-hybridized carbons (Fsp3) is 0.421. The normalized spacial score (nSPS) is 19.7. The van der Waals surface area contributed by atoms with Gasteiger partial charge in [-0.3, -0.25) is 4.79 Å². The van der Waals surface area contributed by atoms with Crippen LogP contribution in [0.3, 0.4) is 0 Å². The molecule has 0 N–H and O–H groups in total. The number of carbonyl (C=O) groups excluding carboxylic acids is 1. The van der Waals surface area contributed by atoms with Crippen molar-refractivity contribution < 1.29 is 9.53 Å². The Bertz CT molecular complexity index is 765. The van der Waals surface area contributed by atoms with Crippen LogP contribution in [0.15, 0.2) is 24.3 Å². The molecule has 3 nitrogen and oxygen atoms in total. The predicted molar refractivity (Wildman–Crippen MR) is 93.2 cm³/mol. The summed E-state index contributed by atoms with van der Waals surface area (Å²) < 4.78 is 5.87. The molecular weight excluding hydrogens is 306 g/mol. The van der Waals surface area contributed by atoms with Crippen LogP contribution in [0.25, 0.3) is 10.4 Å². The van der Waals surface area contributed by atoms with Gasteiger partial charge in [0, 0.05) is 28.6 Å². The van der Waals surface area contributed by atoms with E-state index in [-0.39, 0.29) is 5.91 Å². The molecule has 2 aromatic rings. The maximum atomic E-state index is 12.9. The first-order valence-corrected chi connectivity index (χ1v) is 9.13. The summed E-state index contributed by atoms with van der Waals surface area (Å²) in [6.07, 6.45) is 3.46. The Morgan fingerprint density at radius 1 is 1.35 bits per heavy atom. The molecule has 3 heterocycles. The third kappa shape index (κ3) is 2.45. The molecule has 1 aromatic carbocycles. The standard InChI is InChI=1S/C19H21NO2S/c1-12-6-5-8-15-17(12)18-14(11-22-15)10-16(23-18)19(21)20-9-4-3-7-13(20)2/h5-6,8,10,13H,3-4,7,9,11H2,1-2H3/t13-/m1/s1. The monoisotopic (exact) mass is 327 g/mol. The van der Waals surface area contributed by atoms with Gasteiger partial charge in [0.25, 0.3) is 5.91 Å². The number of carbonyl (C=O) groups is 1. The highest BCUT2D eigenvalue weighted by Gasteiger charge is 2.28. The first kappa shape index (κ1) is 14.8. The minimum absolute atomic E-state index is 0.187. The van der Waals surface area contributed by atoms with Crippen LogP contribution in [0.5, 0.6) is 5.75 Å². The zero-order valence-corrected chi connectivity index (χ0v) is 14.4. The lowest BCUT2D eigenvalue weighted by atomic mass is 10.0. The van der Waals surface area contributed by atoms with Gasteiger partial charge in [-0.1, -0.05) is 12.1 Å². The molecular formula is C19H21NO2S. The van der Waals surface area contributed by atoms with Crippen LogP contribution in [-0.4, -0.2) is 23.4 Å². The van der Waals surface area contributed by atoms with Crippen molar-refractivity contribution in [2.24, 2.45) is 0 Å². The molecule has 1 aromatic heterocycles. The van der Waals surface area contributed by atoms with Crippen molar-refractivity contribution in [2.75, 3.05) is 6.54 Å². The molecule has 1 fully saturated rings. The number of benzene rings is 1. The van der Waals surface area contributed by atoms with Crippen LogP contribution in [0.1, 0.15) is 47.0 Å². The molecule has 1 amide bonds. The maximum Gasteiger partial charge on any atom is 0.264 e. The third-order valence-electron chi connectivity index (χ3n) is 4.93. The van der Waals surface area contributed by atoms with Gasteiger partial charge in [-0.05, 0) is 50.8 Å². The van der Waals surface area contributed by atoms with Crippen LogP contribution in [0.2, 0.25) is 0 Å². The molecule has 0 saturated carbocycles. The molecule has 0 unspecified atom stereocenters. The number of thiophene rings is 1. The third-order valence-corrected chi connectivity index (χ3v) is 6.11. The molecule has 0 bridgehead atoms. The summed E-state index contributed by atoms with van der Waals surface area (Å²) in [5.41, 5.74) is 3.50. The molecule has 120 valence electrons. The van der Waals surface area contributed by atoms with Gasteiger partial charge in [0.05, 0.1) is 4.88 Å². The van der Waals surface area contributed by atoms with E-state index in [1.807, 2.05) is 23.1 Å². The number of rotatable bonds is 1. The molecule has 23 heavy (non-hydrogen) atoms. The van der Waals surface area contributed by atoms with E-state index < -0.39 is 0 Å². The van der Waals surface area contributed by atoms with Crippen molar-refractivity contribution in [1.82, 2.24) is 4.90 Å². The zero-order valence-electron chi connectivity index (χ0n) is 13.6. The second kappa shape index (κ2) is 5.68. The van der Waals surface area contributed by atoms with Gasteiger partial charge < -0.3 is 9.64 Å². The number of hydrogen-bond acceptors (Lipinski definition) is 3. The van der Waals surface area contributed by atoms with Gasteiger partial charge in [0.15, 0.2) is 0 Å². The minimum atomic E-state index is 0.187. The van der Waals surface area contributed by atoms with Crippen molar-refractivity contribution in [1.29, 1.82) is 0 Å². The summed E-state index contributed by atoms with van der Waals surface area (Å²) in [6, 6.07) is 8.53. The summed E-state index contributed by atoms with van der Waals surface area (Å²) in [4.78, 5) is 17.0. The quantitative estimate of drug-likeness (QED) is 0.764. The average molecular weight is 327 g/mol. The molecule has 0 aliphatic carbocycles. The van der Waals surface area contributed by atoms with E-state index in [9.17, 15) is 4.79 Å². The molecule has 2 aliphatic heterocycles. The zero-order chi connectivity index (χ0) is 16.0. The summed E-state index contributed by atoms with van der Waals surface area (Å²) in [5.74, 6) is 1.12. The van der Waals surface area contributed by atoms with Crippen molar-refractivity contribution in [2.45, 2.75) is 45.8 Å². The van der Waals surface area contributed by atoms with Crippen molar-refractivity contribution in [3.63, 3.8) is 0 Å². The lowest BCUT2D eigenvalue weighted by Crippen LogP contribution is -2.41. The number of amides is 1. The second-order valence-electron chi connectivity index (χ2n) is 6.55. The summed E-state index contributed by atoms with van der Waals surface area (Å²) in [7, 11) is 0. The number of piperidine rings is 1. The Morgan fingerprint density at radius 3 is 3.04 bits per heavy atom. The summed E-state index contributed by atoms with van der Waals surface area (Å²) >= 11 is 1.62. The SMILES string of the molecule is Cc1cccc2c1-c1sc(C(=O)N3CCCC[C@H]3C)cc1CO2. The average Bonchev–Trinajstić information content (AvgIpc) is 2.99. The van der Waals surface area contributed by atoms with Gasteiger partial charge in [-0.2, -0.15) is 0 Å². The van der Waals surface area contributed by atoms with E-state index in [0.717, 1.165) is 41.1 Å². The highest BCUT2D eigenvalue weighted by Crippen LogP contribution is 2.44. The van der Waals surface area contributed by atoms with E-state index >= 15 is 0 Å². The molecule has 4 rings (SSSR count). The first-order valence-electron chi connectivity index (χ1n) is 8.31. The molecule has 1 saturated heterocycles. The number of aryl methyl sites for hydroxylation is 1. The fourth-order valence-electron chi connectivity index (χ4n) is 3.60. The lowest BCUT2D eigenvalue weighted by molar-refractivity contribution is 0.0640. The largest absolute Gasteiger partial charge is 0.488 e. The number of ether oxygens (including phenoxy) is 1. The smallest absolute Gasteiger partial charge is 0.264 e. The van der Waals surface area contributed by atoms with E-state index in [0.29, 0.717) is 12.6 Å². The topological polar surface area (TPSA) is 29.5 Å². The molecule has 2 aliphatic rings. The van der Waals surface area contributed by atoms with Gasteiger partial charge >= 0.3 is 0 Å². The van der Waals surface area contributed by atoms with Crippen LogP contribution < -0.4 is 4.74 Å². The Morgan fingerprint density at radius 2 is 2.22 bits per heavy atom. The van der Waals surface area contributed by atoms with Crippen molar-refractivity contribution in [3.05, 3.63) is 40.3 Å². The van der Waals surface area contributed by atoms with E-state index in [1.54, 1.807) is 11.3 Å². The predicted octanol–water partition coefficient (Wildman–Crippen LogP) is 4.63. The Hall–Kier alpha value is -1.81. The molecule has 4 heteroatoms. The van der Waals surface area contributed by atoms with Crippen molar-refractivity contribution >= 4 is 17.2 Å².